The van der Waals surface area contributed by atoms with Gasteiger partial charge in [-0.05, 0) is 35.4 Å². The van der Waals surface area contributed by atoms with Crippen molar-refractivity contribution in [1.82, 2.24) is 4.98 Å². The number of nitrogens with one attached hydrogen (secondary N) is 1. The second-order valence-electron chi connectivity index (χ2n) is 4.27. The zero-order valence-corrected chi connectivity index (χ0v) is 9.58. The third-order valence-electron chi connectivity index (χ3n) is 3.06. The first-order valence-corrected chi connectivity index (χ1v) is 5.73. The first-order chi connectivity index (χ1) is 8.74. The molecule has 2 aromatic carbocycles. The summed E-state index contributed by atoms with van der Waals surface area (Å²) in [5.74, 6) is -0.568. The first-order valence-electron chi connectivity index (χ1n) is 5.73. The molecular formula is C15H11F2N. The second kappa shape index (κ2) is 4.26. The average molecular weight is 243 g/mol. The Bertz CT molecular complexity index is 701. The molecule has 1 heterocycles. The highest BCUT2D eigenvalue weighted by Gasteiger charge is 2.08. The van der Waals surface area contributed by atoms with Crippen LogP contribution in [0.5, 0.6) is 0 Å². The fourth-order valence-corrected chi connectivity index (χ4v) is 2.20. The number of hydrogen-bond acceptors (Lipinski definition) is 0. The normalized spacial score (nSPS) is 11.0. The van der Waals surface area contributed by atoms with Crippen LogP contribution in [0.3, 0.4) is 0 Å². The lowest BCUT2D eigenvalue weighted by molar-refractivity contribution is 0.612. The van der Waals surface area contributed by atoms with Gasteiger partial charge in [-0.15, -0.1) is 0 Å². The summed E-state index contributed by atoms with van der Waals surface area (Å²) in [6.45, 7) is 0. The molecule has 3 rings (SSSR count). The van der Waals surface area contributed by atoms with Gasteiger partial charge in [-0.2, -0.15) is 0 Å². The summed E-state index contributed by atoms with van der Waals surface area (Å²) >= 11 is 0. The molecular weight excluding hydrogens is 232 g/mol. The van der Waals surface area contributed by atoms with Crippen molar-refractivity contribution in [3.63, 3.8) is 0 Å². The maximum atomic E-state index is 13.6. The summed E-state index contributed by atoms with van der Waals surface area (Å²) in [7, 11) is 0. The highest BCUT2D eigenvalue weighted by molar-refractivity contribution is 5.83. The molecule has 1 N–H and O–H groups in total. The Labute approximate surface area is 103 Å². The van der Waals surface area contributed by atoms with Gasteiger partial charge in [0.25, 0.3) is 0 Å². The lowest BCUT2D eigenvalue weighted by Crippen LogP contribution is -1.94. The number of rotatable bonds is 2. The molecule has 0 saturated carbocycles. The minimum atomic E-state index is -0.309. The lowest BCUT2D eigenvalue weighted by atomic mass is 10.0. The third kappa shape index (κ3) is 1.88. The van der Waals surface area contributed by atoms with Crippen LogP contribution in [-0.4, -0.2) is 4.98 Å². The van der Waals surface area contributed by atoms with Gasteiger partial charge in [-0.25, -0.2) is 8.78 Å². The topological polar surface area (TPSA) is 15.8 Å². The molecule has 0 saturated heterocycles. The molecule has 18 heavy (non-hydrogen) atoms. The molecule has 0 bridgehead atoms. The highest BCUT2D eigenvalue weighted by Crippen LogP contribution is 2.23. The predicted octanol–water partition coefficient (Wildman–Crippen LogP) is 4.04. The van der Waals surface area contributed by atoms with E-state index in [4.69, 9.17) is 0 Å². The maximum absolute atomic E-state index is 13.6. The van der Waals surface area contributed by atoms with Crippen LogP contribution in [0.1, 0.15) is 11.1 Å². The Hall–Kier alpha value is -2.16. The molecule has 0 amide bonds. The first kappa shape index (κ1) is 11.0. The average Bonchev–Trinajstić information content (AvgIpc) is 2.80. The summed E-state index contributed by atoms with van der Waals surface area (Å²) < 4.78 is 27.1. The molecule has 0 unspecified atom stereocenters. The number of benzene rings is 2. The van der Waals surface area contributed by atoms with E-state index >= 15 is 0 Å². The van der Waals surface area contributed by atoms with Crippen LogP contribution in [0.15, 0.2) is 48.7 Å². The van der Waals surface area contributed by atoms with Crippen LogP contribution >= 0.6 is 0 Å². The lowest BCUT2D eigenvalue weighted by Gasteiger charge is -2.05. The van der Waals surface area contributed by atoms with Gasteiger partial charge < -0.3 is 4.98 Å². The van der Waals surface area contributed by atoms with Gasteiger partial charge in [-0.3, -0.25) is 0 Å². The standard InChI is InChI=1S/C15H11F2N/c16-12-8-11(13-5-6-18-15(13)9-12)7-10-3-1-2-4-14(10)17/h1-6,8-9,18H,7H2. The van der Waals surface area contributed by atoms with Crippen LogP contribution in [0.2, 0.25) is 0 Å². The molecule has 0 aliphatic rings. The summed E-state index contributed by atoms with van der Waals surface area (Å²) in [4.78, 5) is 2.97. The number of aromatic amines is 1. The van der Waals surface area contributed by atoms with E-state index in [1.165, 1.54) is 18.2 Å². The summed E-state index contributed by atoms with van der Waals surface area (Å²) in [6.07, 6.45) is 2.15. The van der Waals surface area contributed by atoms with Gasteiger partial charge in [0, 0.05) is 23.5 Å². The van der Waals surface area contributed by atoms with E-state index in [1.54, 1.807) is 24.4 Å². The molecule has 0 fully saturated rings. The predicted molar refractivity (Wildman–Crippen MR) is 67.5 cm³/mol. The summed E-state index contributed by atoms with van der Waals surface area (Å²) in [5.41, 5.74) is 2.10. The van der Waals surface area contributed by atoms with Crippen LogP contribution in [0, 0.1) is 11.6 Å². The van der Waals surface area contributed by atoms with Gasteiger partial charge in [-0.1, -0.05) is 18.2 Å². The molecule has 0 spiro atoms. The number of aromatic nitrogens is 1. The molecule has 1 nitrogen and oxygen atoms in total. The third-order valence-corrected chi connectivity index (χ3v) is 3.06. The molecule has 0 radical (unpaired) electrons. The summed E-state index contributed by atoms with van der Waals surface area (Å²) in [6, 6.07) is 11.4. The molecule has 0 atom stereocenters. The SMILES string of the molecule is Fc1cc(Cc2ccccc2F)c2cc[nH]c2c1. The van der Waals surface area contributed by atoms with E-state index in [0.29, 0.717) is 12.0 Å². The Balaban J connectivity index is 2.10. The largest absolute Gasteiger partial charge is 0.361 e. The monoisotopic (exact) mass is 243 g/mol. The minimum absolute atomic E-state index is 0.259. The Morgan fingerprint density at radius 2 is 1.78 bits per heavy atom. The van der Waals surface area contributed by atoms with Crippen molar-refractivity contribution in [1.29, 1.82) is 0 Å². The van der Waals surface area contributed by atoms with E-state index in [0.717, 1.165) is 16.5 Å². The van der Waals surface area contributed by atoms with Crippen molar-refractivity contribution in [2.45, 2.75) is 6.42 Å². The van der Waals surface area contributed by atoms with E-state index in [9.17, 15) is 8.78 Å². The zero-order valence-electron chi connectivity index (χ0n) is 9.58. The van der Waals surface area contributed by atoms with Crippen molar-refractivity contribution in [3.8, 4) is 0 Å². The smallest absolute Gasteiger partial charge is 0.126 e. The van der Waals surface area contributed by atoms with Crippen molar-refractivity contribution >= 4 is 10.9 Å². The maximum Gasteiger partial charge on any atom is 0.126 e. The number of H-pyrrole nitrogens is 1. The fraction of sp³-hybridized carbons (Fsp3) is 0.0667. The molecule has 3 aromatic rings. The Morgan fingerprint density at radius 1 is 0.944 bits per heavy atom. The highest BCUT2D eigenvalue weighted by atomic mass is 19.1. The van der Waals surface area contributed by atoms with Gasteiger partial charge in [0.2, 0.25) is 0 Å². The molecule has 90 valence electrons. The molecule has 3 heteroatoms. The van der Waals surface area contributed by atoms with Gasteiger partial charge >= 0.3 is 0 Å². The van der Waals surface area contributed by atoms with Gasteiger partial charge in [0.1, 0.15) is 11.6 Å². The number of fused-ring (bicyclic) bond motifs is 1. The quantitative estimate of drug-likeness (QED) is 0.699. The van der Waals surface area contributed by atoms with Crippen LogP contribution in [0.4, 0.5) is 8.78 Å². The van der Waals surface area contributed by atoms with Crippen molar-refractivity contribution in [2.24, 2.45) is 0 Å². The Morgan fingerprint density at radius 3 is 2.61 bits per heavy atom. The minimum Gasteiger partial charge on any atom is -0.361 e. The Kier molecular flexibility index (Phi) is 2.59. The van der Waals surface area contributed by atoms with Crippen molar-refractivity contribution in [3.05, 3.63) is 71.4 Å². The molecule has 1 aromatic heterocycles. The van der Waals surface area contributed by atoms with E-state index in [-0.39, 0.29) is 11.6 Å². The summed E-state index contributed by atoms with van der Waals surface area (Å²) in [5, 5.41) is 0.930. The van der Waals surface area contributed by atoms with E-state index in [2.05, 4.69) is 4.98 Å². The van der Waals surface area contributed by atoms with Crippen molar-refractivity contribution in [2.75, 3.05) is 0 Å². The van der Waals surface area contributed by atoms with Crippen LogP contribution in [-0.2, 0) is 6.42 Å². The fourth-order valence-electron chi connectivity index (χ4n) is 2.20. The van der Waals surface area contributed by atoms with Crippen molar-refractivity contribution < 1.29 is 8.78 Å². The number of hydrogen-bond donors (Lipinski definition) is 1. The number of halogens is 2. The van der Waals surface area contributed by atoms with E-state index in [1.807, 2.05) is 6.07 Å². The molecule has 0 aliphatic heterocycles. The van der Waals surface area contributed by atoms with Crippen LogP contribution in [0.25, 0.3) is 10.9 Å². The second-order valence-corrected chi connectivity index (χ2v) is 4.27. The van der Waals surface area contributed by atoms with E-state index < -0.39 is 0 Å². The van der Waals surface area contributed by atoms with Crippen LogP contribution < -0.4 is 0 Å². The van der Waals surface area contributed by atoms with Gasteiger partial charge in [0.05, 0.1) is 0 Å². The molecule has 0 aliphatic carbocycles. The zero-order chi connectivity index (χ0) is 12.5. The van der Waals surface area contributed by atoms with Gasteiger partial charge in [0.15, 0.2) is 0 Å².